The Morgan fingerprint density at radius 2 is 1.93 bits per heavy atom. The van der Waals surface area contributed by atoms with Crippen LogP contribution >= 0.6 is 11.3 Å². The average molecular weight is 437 g/mol. The topological polar surface area (TPSA) is 92.8 Å². The van der Waals surface area contributed by atoms with E-state index in [2.05, 4.69) is 12.2 Å². The number of hydrogen-bond donors (Lipinski definition) is 1. The van der Waals surface area contributed by atoms with Crippen LogP contribution in [0.1, 0.15) is 33.5 Å². The molecule has 0 saturated heterocycles. The van der Waals surface area contributed by atoms with Crippen molar-refractivity contribution in [3.8, 4) is 0 Å². The van der Waals surface area contributed by atoms with Crippen LogP contribution in [0.15, 0.2) is 35.2 Å². The Hall–Kier alpha value is -2.23. The third-order valence-corrected chi connectivity index (χ3v) is 7.83. The first kappa shape index (κ1) is 21.5. The Labute approximate surface area is 174 Å². The molecule has 9 heteroatoms. The molecule has 0 bridgehead atoms. The zero-order chi connectivity index (χ0) is 21.2. The Bertz CT molecular complexity index is 1010. The van der Waals surface area contributed by atoms with E-state index in [1.807, 2.05) is 6.07 Å². The van der Waals surface area contributed by atoms with Crippen molar-refractivity contribution in [3.63, 3.8) is 0 Å². The SMILES string of the molecule is CC1CCc2sc(C(=O)OCC(=O)Nc3ccc(S(=O)(=O)N(C)C)cc3)cc2C1. The summed E-state index contributed by atoms with van der Waals surface area (Å²) in [5.41, 5.74) is 1.63. The Balaban J connectivity index is 1.54. The lowest BCUT2D eigenvalue weighted by Gasteiger charge is -2.16. The zero-order valence-corrected chi connectivity index (χ0v) is 18.2. The minimum atomic E-state index is -3.53. The number of sulfonamides is 1. The van der Waals surface area contributed by atoms with Gasteiger partial charge in [-0.2, -0.15) is 0 Å². The van der Waals surface area contributed by atoms with E-state index >= 15 is 0 Å². The molecule has 2 aromatic rings. The van der Waals surface area contributed by atoms with Crippen molar-refractivity contribution in [1.82, 2.24) is 4.31 Å². The van der Waals surface area contributed by atoms with Gasteiger partial charge in [0.2, 0.25) is 10.0 Å². The summed E-state index contributed by atoms with van der Waals surface area (Å²) in [7, 11) is -0.630. The lowest BCUT2D eigenvalue weighted by Crippen LogP contribution is -2.22. The molecule has 1 unspecified atom stereocenters. The molecule has 0 aliphatic heterocycles. The maximum absolute atomic E-state index is 12.3. The number of carbonyl (C=O) groups is 2. The number of rotatable bonds is 6. The van der Waals surface area contributed by atoms with E-state index in [9.17, 15) is 18.0 Å². The number of hydrogen-bond acceptors (Lipinski definition) is 6. The largest absolute Gasteiger partial charge is 0.451 e. The summed E-state index contributed by atoms with van der Waals surface area (Å²) >= 11 is 1.44. The summed E-state index contributed by atoms with van der Waals surface area (Å²) in [6.07, 6.45) is 3.08. The molecule has 0 saturated carbocycles. The minimum Gasteiger partial charge on any atom is -0.451 e. The van der Waals surface area contributed by atoms with Crippen LogP contribution in [0.3, 0.4) is 0 Å². The van der Waals surface area contributed by atoms with E-state index in [0.717, 1.165) is 23.6 Å². The summed E-state index contributed by atoms with van der Waals surface area (Å²) < 4.78 is 30.3. The summed E-state index contributed by atoms with van der Waals surface area (Å²) in [5.74, 6) is -0.373. The van der Waals surface area contributed by atoms with Crippen LogP contribution in [-0.2, 0) is 32.4 Å². The van der Waals surface area contributed by atoms with E-state index < -0.39 is 28.5 Å². The average Bonchev–Trinajstić information content (AvgIpc) is 3.09. The monoisotopic (exact) mass is 436 g/mol. The smallest absolute Gasteiger partial charge is 0.348 e. The fraction of sp³-hybridized carbons (Fsp3) is 0.400. The molecule has 1 N–H and O–H groups in total. The minimum absolute atomic E-state index is 0.128. The van der Waals surface area contributed by atoms with Crippen molar-refractivity contribution in [3.05, 3.63) is 45.6 Å². The second-order valence-corrected chi connectivity index (χ2v) is 10.6. The van der Waals surface area contributed by atoms with Crippen LogP contribution < -0.4 is 5.32 Å². The predicted molar refractivity (Wildman–Crippen MR) is 112 cm³/mol. The highest BCUT2D eigenvalue weighted by molar-refractivity contribution is 7.89. The molecule has 3 rings (SSSR count). The summed E-state index contributed by atoms with van der Waals surface area (Å²) in [5, 5.41) is 2.59. The van der Waals surface area contributed by atoms with Gasteiger partial charge >= 0.3 is 5.97 Å². The molecule has 7 nitrogen and oxygen atoms in total. The normalized spacial score (nSPS) is 16.3. The summed E-state index contributed by atoms with van der Waals surface area (Å²) in [6, 6.07) is 7.68. The van der Waals surface area contributed by atoms with Gasteiger partial charge in [-0.05, 0) is 61.1 Å². The number of fused-ring (bicyclic) bond motifs is 1. The fourth-order valence-electron chi connectivity index (χ4n) is 3.13. The summed E-state index contributed by atoms with van der Waals surface area (Å²) in [6.45, 7) is 1.79. The molecular formula is C20H24N2O5S2. The van der Waals surface area contributed by atoms with Gasteiger partial charge in [0, 0.05) is 24.7 Å². The number of thiophene rings is 1. The van der Waals surface area contributed by atoms with Gasteiger partial charge in [0.25, 0.3) is 5.91 Å². The highest BCUT2D eigenvalue weighted by atomic mass is 32.2. The standard InChI is InChI=1S/C20H24N2O5S2/c1-13-4-9-17-14(10-13)11-18(28-17)20(24)27-12-19(23)21-15-5-7-16(8-6-15)29(25,26)22(2)3/h5-8,11,13H,4,9-10,12H2,1-3H3,(H,21,23). The molecule has 1 amide bonds. The molecular weight excluding hydrogens is 412 g/mol. The highest BCUT2D eigenvalue weighted by Gasteiger charge is 2.22. The van der Waals surface area contributed by atoms with Crippen LogP contribution in [0.2, 0.25) is 0 Å². The number of nitrogens with zero attached hydrogens (tertiary/aromatic N) is 1. The Morgan fingerprint density at radius 1 is 1.24 bits per heavy atom. The third-order valence-electron chi connectivity index (χ3n) is 4.78. The number of carbonyl (C=O) groups excluding carboxylic acids is 2. The second-order valence-electron chi connectivity index (χ2n) is 7.34. The maximum atomic E-state index is 12.3. The van der Waals surface area contributed by atoms with Crippen molar-refractivity contribution in [1.29, 1.82) is 0 Å². The van der Waals surface area contributed by atoms with Gasteiger partial charge < -0.3 is 10.1 Å². The van der Waals surface area contributed by atoms with E-state index in [4.69, 9.17) is 4.74 Å². The Morgan fingerprint density at radius 3 is 2.59 bits per heavy atom. The first-order chi connectivity index (χ1) is 13.7. The van der Waals surface area contributed by atoms with Gasteiger partial charge in [0.05, 0.1) is 4.90 Å². The molecule has 1 aromatic heterocycles. The van der Waals surface area contributed by atoms with Gasteiger partial charge in [-0.15, -0.1) is 11.3 Å². The van der Waals surface area contributed by atoms with Crippen molar-refractivity contribution < 1.29 is 22.7 Å². The first-order valence-corrected chi connectivity index (χ1v) is 11.5. The zero-order valence-electron chi connectivity index (χ0n) is 16.6. The van der Waals surface area contributed by atoms with Crippen LogP contribution in [0.25, 0.3) is 0 Å². The molecule has 1 aliphatic rings. The number of esters is 1. The van der Waals surface area contributed by atoms with Crippen LogP contribution in [-0.4, -0.2) is 45.3 Å². The number of aryl methyl sites for hydroxylation is 1. The molecule has 0 fully saturated rings. The van der Waals surface area contributed by atoms with Crippen LogP contribution in [0, 0.1) is 5.92 Å². The molecule has 156 valence electrons. The lowest BCUT2D eigenvalue weighted by molar-refractivity contribution is -0.119. The number of ether oxygens (including phenoxy) is 1. The van der Waals surface area contributed by atoms with E-state index in [0.29, 0.717) is 16.5 Å². The van der Waals surface area contributed by atoms with Gasteiger partial charge in [0.15, 0.2) is 6.61 Å². The van der Waals surface area contributed by atoms with Crippen molar-refractivity contribution in [2.75, 3.05) is 26.0 Å². The van der Waals surface area contributed by atoms with Gasteiger partial charge in [0.1, 0.15) is 4.88 Å². The highest BCUT2D eigenvalue weighted by Crippen LogP contribution is 2.32. The second kappa shape index (κ2) is 8.64. The van der Waals surface area contributed by atoms with Crippen LogP contribution in [0.5, 0.6) is 0 Å². The first-order valence-electron chi connectivity index (χ1n) is 9.28. The van der Waals surface area contributed by atoms with E-state index in [1.165, 1.54) is 60.1 Å². The number of nitrogens with one attached hydrogen (secondary N) is 1. The molecule has 1 aliphatic carbocycles. The van der Waals surface area contributed by atoms with Crippen molar-refractivity contribution >= 4 is 38.9 Å². The number of amides is 1. The lowest BCUT2D eigenvalue weighted by atomic mass is 9.90. The Kier molecular flexibility index (Phi) is 6.40. The quantitative estimate of drug-likeness (QED) is 0.703. The molecule has 1 atom stereocenters. The molecule has 29 heavy (non-hydrogen) atoms. The molecule has 1 heterocycles. The van der Waals surface area contributed by atoms with Crippen molar-refractivity contribution in [2.45, 2.75) is 31.1 Å². The number of benzene rings is 1. The molecule has 1 aromatic carbocycles. The van der Waals surface area contributed by atoms with Crippen LogP contribution in [0.4, 0.5) is 5.69 Å². The van der Waals surface area contributed by atoms with Gasteiger partial charge in [-0.3, -0.25) is 4.79 Å². The molecule has 0 radical (unpaired) electrons. The summed E-state index contributed by atoms with van der Waals surface area (Å²) in [4.78, 5) is 26.2. The van der Waals surface area contributed by atoms with Gasteiger partial charge in [-0.25, -0.2) is 17.5 Å². The number of anilines is 1. The molecule has 0 spiro atoms. The van der Waals surface area contributed by atoms with E-state index in [-0.39, 0.29) is 4.90 Å². The van der Waals surface area contributed by atoms with Crippen molar-refractivity contribution in [2.24, 2.45) is 5.92 Å². The van der Waals surface area contributed by atoms with Gasteiger partial charge in [-0.1, -0.05) is 6.92 Å². The third kappa shape index (κ3) is 5.04. The fourth-order valence-corrected chi connectivity index (χ4v) is 5.13. The predicted octanol–water partition coefficient (Wildman–Crippen LogP) is 2.92. The van der Waals surface area contributed by atoms with E-state index in [1.54, 1.807) is 0 Å². The maximum Gasteiger partial charge on any atom is 0.348 e.